The van der Waals surface area contributed by atoms with Gasteiger partial charge in [-0.15, -0.1) is 11.6 Å². The summed E-state index contributed by atoms with van der Waals surface area (Å²) in [5, 5.41) is 0. The van der Waals surface area contributed by atoms with Crippen LogP contribution in [0, 0.1) is 5.82 Å². The zero-order valence-corrected chi connectivity index (χ0v) is 13.5. The Morgan fingerprint density at radius 1 is 1.50 bits per heavy atom. The van der Waals surface area contributed by atoms with Crippen LogP contribution in [-0.2, 0) is 17.2 Å². The molecule has 0 radical (unpaired) electrons. The van der Waals surface area contributed by atoms with Crippen molar-refractivity contribution in [3.63, 3.8) is 0 Å². The quantitative estimate of drug-likeness (QED) is 0.761. The fraction of sp³-hybridized carbons (Fsp3) is 0.500. The van der Waals surface area contributed by atoms with Crippen molar-refractivity contribution < 1.29 is 9.13 Å². The van der Waals surface area contributed by atoms with E-state index in [4.69, 9.17) is 16.3 Å². The third-order valence-electron chi connectivity index (χ3n) is 4.13. The van der Waals surface area contributed by atoms with Gasteiger partial charge in [-0.2, -0.15) is 0 Å². The number of fused-ring (bicyclic) bond motifs is 1. The molecule has 108 valence electrons. The van der Waals surface area contributed by atoms with Gasteiger partial charge in [0.25, 0.3) is 0 Å². The van der Waals surface area contributed by atoms with E-state index < -0.39 is 0 Å². The second kappa shape index (κ2) is 5.28. The molecule has 0 aliphatic heterocycles. The number of alkyl halides is 1. The normalized spacial score (nSPS) is 17.4. The SMILES string of the molecule is COC1(Cn2c(CCl)nc3cc(F)c(Br)cc32)CCC1. The number of methoxy groups -OCH3 is 1. The summed E-state index contributed by atoms with van der Waals surface area (Å²) in [6.07, 6.45) is 3.25. The predicted octanol–water partition coefficient (Wildman–Crippen LogP) is 4.25. The Bertz CT molecular complexity index is 649. The van der Waals surface area contributed by atoms with Gasteiger partial charge in [0, 0.05) is 13.2 Å². The lowest BCUT2D eigenvalue weighted by atomic mass is 9.80. The summed E-state index contributed by atoms with van der Waals surface area (Å²) < 4.78 is 21.8. The average Bonchev–Trinajstić information content (AvgIpc) is 2.72. The third-order valence-corrected chi connectivity index (χ3v) is 4.98. The van der Waals surface area contributed by atoms with Crippen LogP contribution in [0.5, 0.6) is 0 Å². The molecule has 3 nitrogen and oxygen atoms in total. The number of aromatic nitrogens is 2. The number of ether oxygens (including phenoxy) is 1. The second-order valence-corrected chi connectivity index (χ2v) is 6.37. The summed E-state index contributed by atoms with van der Waals surface area (Å²) in [6.45, 7) is 0.708. The summed E-state index contributed by atoms with van der Waals surface area (Å²) in [5.74, 6) is 0.740. The highest BCUT2D eigenvalue weighted by molar-refractivity contribution is 9.10. The molecule has 0 saturated heterocycles. The molecule has 1 aliphatic carbocycles. The first-order valence-electron chi connectivity index (χ1n) is 6.54. The maximum Gasteiger partial charge on any atom is 0.139 e. The largest absolute Gasteiger partial charge is 0.376 e. The Hall–Kier alpha value is -0.650. The molecule has 0 amide bonds. The van der Waals surface area contributed by atoms with Crippen molar-refractivity contribution in [2.45, 2.75) is 37.3 Å². The van der Waals surface area contributed by atoms with E-state index in [-0.39, 0.29) is 11.4 Å². The Morgan fingerprint density at radius 3 is 2.80 bits per heavy atom. The summed E-state index contributed by atoms with van der Waals surface area (Å²) >= 11 is 9.22. The van der Waals surface area contributed by atoms with Gasteiger partial charge in [0.2, 0.25) is 0 Å². The number of hydrogen-bond donors (Lipinski definition) is 0. The zero-order chi connectivity index (χ0) is 14.3. The lowest BCUT2D eigenvalue weighted by molar-refractivity contribution is -0.0831. The van der Waals surface area contributed by atoms with E-state index in [0.717, 1.165) is 24.2 Å². The van der Waals surface area contributed by atoms with Crippen LogP contribution in [0.1, 0.15) is 25.1 Å². The number of benzene rings is 1. The average molecular weight is 362 g/mol. The molecule has 0 unspecified atom stereocenters. The van der Waals surface area contributed by atoms with Gasteiger partial charge in [-0.1, -0.05) is 0 Å². The van der Waals surface area contributed by atoms with Crippen LogP contribution >= 0.6 is 27.5 Å². The number of hydrogen-bond acceptors (Lipinski definition) is 2. The van der Waals surface area contributed by atoms with Crippen LogP contribution in [0.25, 0.3) is 11.0 Å². The van der Waals surface area contributed by atoms with Crippen LogP contribution < -0.4 is 0 Å². The molecule has 0 spiro atoms. The predicted molar refractivity (Wildman–Crippen MR) is 80.5 cm³/mol. The van der Waals surface area contributed by atoms with Crippen LogP contribution in [0.3, 0.4) is 0 Å². The van der Waals surface area contributed by atoms with Gasteiger partial charge in [-0.25, -0.2) is 9.37 Å². The van der Waals surface area contributed by atoms with Crippen molar-refractivity contribution in [1.82, 2.24) is 9.55 Å². The van der Waals surface area contributed by atoms with Gasteiger partial charge in [0.15, 0.2) is 0 Å². The lowest BCUT2D eigenvalue weighted by Crippen LogP contribution is -2.43. The van der Waals surface area contributed by atoms with Crippen molar-refractivity contribution in [1.29, 1.82) is 0 Å². The Labute approximate surface area is 130 Å². The van der Waals surface area contributed by atoms with Gasteiger partial charge in [-0.05, 0) is 41.3 Å². The van der Waals surface area contributed by atoms with E-state index >= 15 is 0 Å². The molecule has 1 saturated carbocycles. The maximum absolute atomic E-state index is 13.6. The monoisotopic (exact) mass is 360 g/mol. The lowest BCUT2D eigenvalue weighted by Gasteiger charge is -2.41. The summed E-state index contributed by atoms with van der Waals surface area (Å²) in [7, 11) is 1.74. The Balaban J connectivity index is 2.10. The van der Waals surface area contributed by atoms with Gasteiger partial charge >= 0.3 is 0 Å². The molecule has 0 atom stereocenters. The van der Waals surface area contributed by atoms with E-state index in [2.05, 4.69) is 25.5 Å². The highest BCUT2D eigenvalue weighted by Gasteiger charge is 2.38. The minimum Gasteiger partial charge on any atom is -0.376 e. The summed E-state index contributed by atoms with van der Waals surface area (Å²) in [4.78, 5) is 4.42. The molecule has 1 aromatic heterocycles. The molecule has 0 N–H and O–H groups in total. The molecule has 20 heavy (non-hydrogen) atoms. The minimum atomic E-state index is -0.312. The first kappa shape index (κ1) is 14.3. The fourth-order valence-electron chi connectivity index (χ4n) is 2.73. The number of imidazole rings is 1. The molecule has 0 bridgehead atoms. The highest BCUT2D eigenvalue weighted by Crippen LogP contribution is 2.38. The van der Waals surface area contributed by atoms with Crippen LogP contribution in [-0.4, -0.2) is 22.3 Å². The molecule has 3 rings (SSSR count). The van der Waals surface area contributed by atoms with E-state index in [1.807, 2.05) is 0 Å². The standard InChI is InChI=1S/C14H15BrClFN2O/c1-20-14(3-2-4-14)8-19-12-5-9(15)10(17)6-11(12)18-13(19)7-16/h5-6H,2-4,7-8H2,1H3. The Morgan fingerprint density at radius 2 is 2.25 bits per heavy atom. The number of halogens is 3. The molecule has 1 aliphatic rings. The molecule has 6 heteroatoms. The first-order valence-corrected chi connectivity index (χ1v) is 7.86. The van der Waals surface area contributed by atoms with Gasteiger partial charge < -0.3 is 9.30 Å². The smallest absolute Gasteiger partial charge is 0.139 e. The van der Waals surface area contributed by atoms with Crippen molar-refractivity contribution in [3.8, 4) is 0 Å². The van der Waals surface area contributed by atoms with Crippen LogP contribution in [0.15, 0.2) is 16.6 Å². The fourth-order valence-corrected chi connectivity index (χ4v) is 3.27. The van der Waals surface area contributed by atoms with Gasteiger partial charge in [-0.3, -0.25) is 0 Å². The highest BCUT2D eigenvalue weighted by atomic mass is 79.9. The van der Waals surface area contributed by atoms with Gasteiger partial charge in [0.05, 0.1) is 33.5 Å². The zero-order valence-electron chi connectivity index (χ0n) is 11.1. The van der Waals surface area contributed by atoms with Crippen molar-refractivity contribution in [2.24, 2.45) is 0 Å². The van der Waals surface area contributed by atoms with Crippen LogP contribution in [0.2, 0.25) is 0 Å². The van der Waals surface area contributed by atoms with E-state index in [0.29, 0.717) is 22.4 Å². The third kappa shape index (κ3) is 2.26. The van der Waals surface area contributed by atoms with E-state index in [1.54, 1.807) is 13.2 Å². The van der Waals surface area contributed by atoms with Gasteiger partial charge in [0.1, 0.15) is 11.6 Å². The Kier molecular flexibility index (Phi) is 3.77. The number of nitrogens with zero attached hydrogens (tertiary/aromatic N) is 2. The molecule has 1 heterocycles. The van der Waals surface area contributed by atoms with Crippen molar-refractivity contribution >= 4 is 38.6 Å². The van der Waals surface area contributed by atoms with Crippen molar-refractivity contribution in [2.75, 3.05) is 7.11 Å². The number of rotatable bonds is 4. The molecule has 1 aromatic carbocycles. The molecular weight excluding hydrogens is 347 g/mol. The topological polar surface area (TPSA) is 27.1 Å². The van der Waals surface area contributed by atoms with E-state index in [1.165, 1.54) is 12.5 Å². The molecular formula is C14H15BrClFN2O. The summed E-state index contributed by atoms with van der Waals surface area (Å²) in [6, 6.07) is 3.20. The molecule has 1 fully saturated rings. The first-order chi connectivity index (χ1) is 9.58. The minimum absolute atomic E-state index is 0.130. The van der Waals surface area contributed by atoms with Crippen LogP contribution in [0.4, 0.5) is 4.39 Å². The van der Waals surface area contributed by atoms with Crippen molar-refractivity contribution in [3.05, 3.63) is 28.2 Å². The molecule has 2 aromatic rings. The summed E-state index contributed by atoms with van der Waals surface area (Å²) in [5.41, 5.74) is 1.39. The maximum atomic E-state index is 13.6. The second-order valence-electron chi connectivity index (χ2n) is 5.24. The van der Waals surface area contributed by atoms with E-state index in [9.17, 15) is 4.39 Å².